The van der Waals surface area contributed by atoms with E-state index in [0.29, 0.717) is 6.04 Å². The number of hydrogen-bond donors (Lipinski definition) is 1. The highest BCUT2D eigenvalue weighted by Crippen LogP contribution is 2.26. The molecule has 1 fully saturated rings. The van der Waals surface area contributed by atoms with Crippen molar-refractivity contribution in [3.05, 3.63) is 11.1 Å². The van der Waals surface area contributed by atoms with Crippen LogP contribution in [0.2, 0.25) is 0 Å². The van der Waals surface area contributed by atoms with Gasteiger partial charge in [-0.05, 0) is 26.8 Å². The normalized spacial score (nSPS) is 19.5. The monoisotopic (exact) mass is 239 g/mol. The molecule has 1 N–H and O–H groups in total. The lowest BCUT2D eigenvalue weighted by molar-refractivity contribution is 0.635. The number of anilines is 1. The van der Waals surface area contributed by atoms with E-state index in [4.69, 9.17) is 4.98 Å². The van der Waals surface area contributed by atoms with Gasteiger partial charge < -0.3 is 10.2 Å². The van der Waals surface area contributed by atoms with Gasteiger partial charge >= 0.3 is 0 Å². The second kappa shape index (κ2) is 5.64. The Labute approximate surface area is 102 Å². The molecule has 0 bridgehead atoms. The third-order valence-electron chi connectivity index (χ3n) is 3.26. The third-order valence-corrected chi connectivity index (χ3v) is 4.18. The minimum atomic E-state index is 0.358. The predicted octanol–water partition coefficient (Wildman–Crippen LogP) is 2.80. The lowest BCUT2D eigenvalue weighted by atomic mass is 10.2. The number of hydrogen-bond acceptors (Lipinski definition) is 4. The van der Waals surface area contributed by atoms with Gasteiger partial charge in [0.05, 0.1) is 5.69 Å². The van der Waals surface area contributed by atoms with Gasteiger partial charge in [0.15, 0.2) is 5.13 Å². The zero-order chi connectivity index (χ0) is 11.4. The first-order valence-electron chi connectivity index (χ1n) is 6.19. The van der Waals surface area contributed by atoms with Crippen LogP contribution in [0.4, 0.5) is 5.13 Å². The molecule has 1 atom stereocenters. The van der Waals surface area contributed by atoms with E-state index in [1.807, 2.05) is 7.05 Å². The molecule has 1 aliphatic heterocycles. The Balaban J connectivity index is 2.05. The van der Waals surface area contributed by atoms with Crippen LogP contribution in [0.1, 0.15) is 44.3 Å². The average molecular weight is 239 g/mol. The molecule has 1 aliphatic rings. The fourth-order valence-corrected chi connectivity index (χ4v) is 3.00. The van der Waals surface area contributed by atoms with E-state index in [-0.39, 0.29) is 0 Å². The van der Waals surface area contributed by atoms with Gasteiger partial charge in [-0.25, -0.2) is 4.98 Å². The van der Waals surface area contributed by atoms with Crippen molar-refractivity contribution in [2.45, 2.75) is 38.6 Å². The maximum absolute atomic E-state index is 4.73. The summed E-state index contributed by atoms with van der Waals surface area (Å²) in [6.07, 6.45) is 5.39. The van der Waals surface area contributed by atoms with Gasteiger partial charge in [0.1, 0.15) is 0 Å². The number of nitrogens with one attached hydrogen (secondary N) is 1. The van der Waals surface area contributed by atoms with Gasteiger partial charge in [0, 0.05) is 24.5 Å². The van der Waals surface area contributed by atoms with Crippen LogP contribution in [-0.2, 0) is 0 Å². The molecule has 2 heterocycles. The summed E-state index contributed by atoms with van der Waals surface area (Å²) in [6, 6.07) is 0.358. The standard InChI is InChI=1S/C12H21N3S/c1-10(13-2)11-9-16-12(14-11)15-7-5-3-4-6-8-15/h9-10,13H,3-8H2,1-2H3. The summed E-state index contributed by atoms with van der Waals surface area (Å²) in [4.78, 5) is 7.18. The molecule has 16 heavy (non-hydrogen) atoms. The van der Waals surface area contributed by atoms with Crippen LogP contribution in [0.15, 0.2) is 5.38 Å². The van der Waals surface area contributed by atoms with Crippen LogP contribution in [0.3, 0.4) is 0 Å². The topological polar surface area (TPSA) is 28.2 Å². The van der Waals surface area contributed by atoms with Crippen molar-refractivity contribution in [3.63, 3.8) is 0 Å². The first-order valence-corrected chi connectivity index (χ1v) is 7.07. The van der Waals surface area contributed by atoms with E-state index < -0.39 is 0 Å². The number of rotatable bonds is 3. The highest BCUT2D eigenvalue weighted by molar-refractivity contribution is 7.13. The van der Waals surface area contributed by atoms with Crippen molar-refractivity contribution in [1.29, 1.82) is 0 Å². The van der Waals surface area contributed by atoms with Crippen LogP contribution in [-0.4, -0.2) is 25.1 Å². The molecule has 3 nitrogen and oxygen atoms in total. The molecule has 1 saturated heterocycles. The van der Waals surface area contributed by atoms with Crippen LogP contribution in [0.25, 0.3) is 0 Å². The molecule has 0 radical (unpaired) electrons. The smallest absolute Gasteiger partial charge is 0.185 e. The lowest BCUT2D eigenvalue weighted by Crippen LogP contribution is -2.23. The average Bonchev–Trinajstić information content (AvgIpc) is 2.64. The van der Waals surface area contributed by atoms with Gasteiger partial charge in [-0.15, -0.1) is 11.3 Å². The zero-order valence-electron chi connectivity index (χ0n) is 10.2. The summed E-state index contributed by atoms with van der Waals surface area (Å²) in [5.74, 6) is 0. The molecule has 0 aromatic carbocycles. The molecule has 1 aromatic heterocycles. The minimum Gasteiger partial charge on any atom is -0.348 e. The Morgan fingerprint density at radius 1 is 1.31 bits per heavy atom. The van der Waals surface area contributed by atoms with Crippen LogP contribution in [0.5, 0.6) is 0 Å². The number of nitrogens with zero attached hydrogens (tertiary/aromatic N) is 2. The molecule has 0 spiro atoms. The molecule has 0 aliphatic carbocycles. The fraction of sp³-hybridized carbons (Fsp3) is 0.750. The minimum absolute atomic E-state index is 0.358. The molecular formula is C12H21N3S. The molecule has 0 saturated carbocycles. The van der Waals surface area contributed by atoms with Crippen LogP contribution in [0, 0.1) is 0 Å². The van der Waals surface area contributed by atoms with Crippen molar-refractivity contribution in [2.24, 2.45) is 0 Å². The zero-order valence-corrected chi connectivity index (χ0v) is 11.0. The predicted molar refractivity (Wildman–Crippen MR) is 70.3 cm³/mol. The van der Waals surface area contributed by atoms with Gasteiger partial charge in [-0.2, -0.15) is 0 Å². The van der Waals surface area contributed by atoms with E-state index >= 15 is 0 Å². The molecule has 4 heteroatoms. The highest BCUT2D eigenvalue weighted by Gasteiger charge is 2.14. The van der Waals surface area contributed by atoms with E-state index in [0.717, 1.165) is 0 Å². The van der Waals surface area contributed by atoms with E-state index in [1.165, 1.54) is 49.6 Å². The Hall–Kier alpha value is -0.610. The van der Waals surface area contributed by atoms with Gasteiger partial charge in [-0.3, -0.25) is 0 Å². The molecule has 0 amide bonds. The van der Waals surface area contributed by atoms with Gasteiger partial charge in [0.25, 0.3) is 0 Å². The van der Waals surface area contributed by atoms with Crippen LogP contribution >= 0.6 is 11.3 Å². The first-order chi connectivity index (χ1) is 7.81. The van der Waals surface area contributed by atoms with Crippen molar-refractivity contribution in [1.82, 2.24) is 10.3 Å². The second-order valence-electron chi connectivity index (χ2n) is 4.47. The summed E-state index contributed by atoms with van der Waals surface area (Å²) >= 11 is 1.78. The lowest BCUT2D eigenvalue weighted by Gasteiger charge is -2.18. The third kappa shape index (κ3) is 2.74. The van der Waals surface area contributed by atoms with E-state index in [2.05, 4.69) is 22.5 Å². The van der Waals surface area contributed by atoms with E-state index in [9.17, 15) is 0 Å². The number of aromatic nitrogens is 1. The van der Waals surface area contributed by atoms with Gasteiger partial charge in [-0.1, -0.05) is 12.8 Å². The molecular weight excluding hydrogens is 218 g/mol. The summed E-state index contributed by atoms with van der Waals surface area (Å²) in [6.45, 7) is 4.52. The van der Waals surface area contributed by atoms with Crippen molar-refractivity contribution >= 4 is 16.5 Å². The quantitative estimate of drug-likeness (QED) is 0.879. The summed E-state index contributed by atoms with van der Waals surface area (Å²) in [7, 11) is 1.98. The summed E-state index contributed by atoms with van der Waals surface area (Å²) in [5.41, 5.74) is 1.17. The largest absolute Gasteiger partial charge is 0.348 e. The fourth-order valence-electron chi connectivity index (χ4n) is 2.03. The Bertz CT molecular complexity index is 316. The maximum atomic E-state index is 4.73. The van der Waals surface area contributed by atoms with Crippen LogP contribution < -0.4 is 10.2 Å². The maximum Gasteiger partial charge on any atom is 0.185 e. The Morgan fingerprint density at radius 3 is 2.62 bits per heavy atom. The molecule has 90 valence electrons. The number of thiazole rings is 1. The van der Waals surface area contributed by atoms with E-state index in [1.54, 1.807) is 11.3 Å². The molecule has 1 unspecified atom stereocenters. The first kappa shape index (κ1) is 11.9. The second-order valence-corrected chi connectivity index (χ2v) is 5.30. The van der Waals surface area contributed by atoms with Crippen molar-refractivity contribution in [3.8, 4) is 0 Å². The summed E-state index contributed by atoms with van der Waals surface area (Å²) in [5, 5.41) is 6.62. The Kier molecular flexibility index (Phi) is 4.18. The Morgan fingerprint density at radius 2 is 2.00 bits per heavy atom. The van der Waals surface area contributed by atoms with Crippen molar-refractivity contribution < 1.29 is 0 Å². The van der Waals surface area contributed by atoms with Gasteiger partial charge in [0.2, 0.25) is 0 Å². The molecule has 2 rings (SSSR count). The SMILES string of the molecule is CNC(C)c1csc(N2CCCCCC2)n1. The highest BCUT2D eigenvalue weighted by atomic mass is 32.1. The molecule has 1 aromatic rings. The van der Waals surface area contributed by atoms with Crippen molar-refractivity contribution in [2.75, 3.05) is 25.0 Å². The summed E-state index contributed by atoms with van der Waals surface area (Å²) < 4.78 is 0.